The van der Waals surface area contributed by atoms with Crippen molar-refractivity contribution < 1.29 is 9.53 Å². The van der Waals surface area contributed by atoms with Crippen LogP contribution in [0.5, 0.6) is 0 Å². The number of hydrogen-bond acceptors (Lipinski definition) is 3. The van der Waals surface area contributed by atoms with Gasteiger partial charge in [0, 0.05) is 12.6 Å². The molecule has 3 heteroatoms. The third-order valence-corrected chi connectivity index (χ3v) is 3.17. The lowest BCUT2D eigenvalue weighted by molar-refractivity contribution is -0.149. The van der Waals surface area contributed by atoms with Crippen LogP contribution in [0.2, 0.25) is 0 Å². The van der Waals surface area contributed by atoms with Crippen molar-refractivity contribution in [2.24, 2.45) is 11.8 Å². The lowest BCUT2D eigenvalue weighted by Gasteiger charge is -2.37. The van der Waals surface area contributed by atoms with Gasteiger partial charge < -0.3 is 9.64 Å². The summed E-state index contributed by atoms with van der Waals surface area (Å²) in [7, 11) is 1.48. The van der Waals surface area contributed by atoms with Crippen LogP contribution in [0.15, 0.2) is 0 Å². The van der Waals surface area contributed by atoms with Gasteiger partial charge in [0.1, 0.15) is 0 Å². The number of rotatable bonds is 2. The van der Waals surface area contributed by atoms with Gasteiger partial charge in [0.2, 0.25) is 0 Å². The van der Waals surface area contributed by atoms with Crippen LogP contribution in [0.1, 0.15) is 27.2 Å². The van der Waals surface area contributed by atoms with E-state index >= 15 is 0 Å². The summed E-state index contributed by atoms with van der Waals surface area (Å²) in [4.78, 5) is 13.8. The SMILES string of the molecule is COC(=O)C1CCN(C(C)C)CC1C. The molecule has 0 spiro atoms. The van der Waals surface area contributed by atoms with Gasteiger partial charge >= 0.3 is 5.97 Å². The Balaban J connectivity index is 2.51. The second-order valence-electron chi connectivity index (χ2n) is 4.48. The first-order valence-electron chi connectivity index (χ1n) is 5.38. The summed E-state index contributed by atoms with van der Waals surface area (Å²) < 4.78 is 4.80. The maximum Gasteiger partial charge on any atom is 0.309 e. The maximum absolute atomic E-state index is 11.4. The molecule has 0 radical (unpaired) electrons. The van der Waals surface area contributed by atoms with Crippen LogP contribution in [0.3, 0.4) is 0 Å². The molecule has 1 fully saturated rings. The van der Waals surface area contributed by atoms with Gasteiger partial charge in [0.25, 0.3) is 0 Å². The van der Waals surface area contributed by atoms with E-state index in [1.165, 1.54) is 7.11 Å². The van der Waals surface area contributed by atoms with Crippen molar-refractivity contribution in [2.75, 3.05) is 20.2 Å². The minimum Gasteiger partial charge on any atom is -0.469 e. The highest BCUT2D eigenvalue weighted by atomic mass is 16.5. The summed E-state index contributed by atoms with van der Waals surface area (Å²) in [5, 5.41) is 0. The van der Waals surface area contributed by atoms with E-state index in [1.54, 1.807) is 0 Å². The molecule has 82 valence electrons. The van der Waals surface area contributed by atoms with Crippen LogP contribution < -0.4 is 0 Å². The van der Waals surface area contributed by atoms with Gasteiger partial charge in [-0.3, -0.25) is 4.79 Å². The zero-order chi connectivity index (χ0) is 10.7. The van der Waals surface area contributed by atoms with E-state index in [4.69, 9.17) is 4.74 Å². The summed E-state index contributed by atoms with van der Waals surface area (Å²) in [6, 6.07) is 0.580. The van der Waals surface area contributed by atoms with Crippen LogP contribution in [0.4, 0.5) is 0 Å². The highest BCUT2D eigenvalue weighted by molar-refractivity contribution is 5.72. The Bertz CT molecular complexity index is 203. The summed E-state index contributed by atoms with van der Waals surface area (Å²) in [6.45, 7) is 8.56. The van der Waals surface area contributed by atoms with Crippen molar-refractivity contribution >= 4 is 5.97 Å². The summed E-state index contributed by atoms with van der Waals surface area (Å²) in [5.41, 5.74) is 0. The number of carbonyl (C=O) groups is 1. The second-order valence-corrected chi connectivity index (χ2v) is 4.48. The number of likely N-dealkylation sites (tertiary alicyclic amines) is 1. The fourth-order valence-corrected chi connectivity index (χ4v) is 2.15. The third kappa shape index (κ3) is 2.47. The van der Waals surface area contributed by atoms with E-state index in [0.29, 0.717) is 12.0 Å². The van der Waals surface area contributed by atoms with E-state index in [9.17, 15) is 4.79 Å². The Morgan fingerprint density at radius 2 is 2.14 bits per heavy atom. The number of methoxy groups -OCH3 is 1. The number of piperidine rings is 1. The first-order chi connectivity index (χ1) is 6.56. The Hall–Kier alpha value is -0.570. The van der Waals surface area contributed by atoms with Crippen molar-refractivity contribution in [1.29, 1.82) is 0 Å². The molecular formula is C11H21NO2. The second kappa shape index (κ2) is 4.78. The average Bonchev–Trinajstić information content (AvgIpc) is 2.16. The Morgan fingerprint density at radius 1 is 1.50 bits per heavy atom. The van der Waals surface area contributed by atoms with Crippen LogP contribution >= 0.6 is 0 Å². The van der Waals surface area contributed by atoms with Gasteiger partial charge in [-0.25, -0.2) is 0 Å². The Kier molecular flexibility index (Phi) is 3.93. The number of nitrogens with zero attached hydrogens (tertiary/aromatic N) is 1. The number of ether oxygens (including phenoxy) is 1. The molecule has 0 aliphatic carbocycles. The normalized spacial score (nSPS) is 29.2. The topological polar surface area (TPSA) is 29.5 Å². The van der Waals surface area contributed by atoms with Gasteiger partial charge in [-0.05, 0) is 32.7 Å². The smallest absolute Gasteiger partial charge is 0.309 e. The zero-order valence-electron chi connectivity index (χ0n) is 9.62. The van der Waals surface area contributed by atoms with Crippen LogP contribution in [-0.4, -0.2) is 37.1 Å². The molecule has 0 amide bonds. The van der Waals surface area contributed by atoms with E-state index in [1.807, 2.05) is 0 Å². The van der Waals surface area contributed by atoms with Gasteiger partial charge in [0.15, 0.2) is 0 Å². The molecule has 14 heavy (non-hydrogen) atoms. The molecule has 0 N–H and O–H groups in total. The van der Waals surface area contributed by atoms with Crippen LogP contribution in [0, 0.1) is 11.8 Å². The maximum atomic E-state index is 11.4. The lowest BCUT2D eigenvalue weighted by Crippen LogP contribution is -2.45. The summed E-state index contributed by atoms with van der Waals surface area (Å²) >= 11 is 0. The molecule has 1 aliphatic heterocycles. The average molecular weight is 199 g/mol. The van der Waals surface area contributed by atoms with Crippen LogP contribution in [0.25, 0.3) is 0 Å². The zero-order valence-corrected chi connectivity index (χ0v) is 9.62. The standard InChI is InChI=1S/C11H21NO2/c1-8(2)12-6-5-10(9(3)7-12)11(13)14-4/h8-10H,5-7H2,1-4H3. The molecule has 1 saturated heterocycles. The summed E-state index contributed by atoms with van der Waals surface area (Å²) in [6.07, 6.45) is 0.937. The highest BCUT2D eigenvalue weighted by Crippen LogP contribution is 2.25. The van der Waals surface area contributed by atoms with Crippen molar-refractivity contribution in [3.05, 3.63) is 0 Å². The fraction of sp³-hybridized carbons (Fsp3) is 0.909. The molecule has 0 bridgehead atoms. The number of esters is 1. The molecule has 1 rings (SSSR count). The van der Waals surface area contributed by atoms with E-state index in [-0.39, 0.29) is 11.9 Å². The Labute approximate surface area is 86.4 Å². The first-order valence-corrected chi connectivity index (χ1v) is 5.38. The molecular weight excluding hydrogens is 178 g/mol. The highest BCUT2D eigenvalue weighted by Gasteiger charge is 2.32. The lowest BCUT2D eigenvalue weighted by atomic mass is 9.86. The predicted octanol–water partition coefficient (Wildman–Crippen LogP) is 1.53. The molecule has 3 nitrogen and oxygen atoms in total. The van der Waals surface area contributed by atoms with Crippen molar-refractivity contribution in [1.82, 2.24) is 4.90 Å². The van der Waals surface area contributed by atoms with Crippen LogP contribution in [-0.2, 0) is 9.53 Å². The van der Waals surface area contributed by atoms with E-state index < -0.39 is 0 Å². The van der Waals surface area contributed by atoms with Gasteiger partial charge in [0.05, 0.1) is 13.0 Å². The number of carbonyl (C=O) groups excluding carboxylic acids is 1. The van der Waals surface area contributed by atoms with E-state index in [0.717, 1.165) is 19.5 Å². The molecule has 1 aliphatic rings. The van der Waals surface area contributed by atoms with E-state index in [2.05, 4.69) is 25.7 Å². The monoisotopic (exact) mass is 199 g/mol. The Morgan fingerprint density at radius 3 is 2.57 bits per heavy atom. The van der Waals surface area contributed by atoms with Crippen molar-refractivity contribution in [3.63, 3.8) is 0 Å². The molecule has 0 aromatic heterocycles. The summed E-state index contributed by atoms with van der Waals surface area (Å²) in [5.74, 6) is 0.481. The minimum absolute atomic E-state index is 0.0408. The molecule has 1 heterocycles. The van der Waals surface area contributed by atoms with Crippen molar-refractivity contribution in [3.8, 4) is 0 Å². The molecule has 2 unspecified atom stereocenters. The van der Waals surface area contributed by atoms with Gasteiger partial charge in [-0.2, -0.15) is 0 Å². The molecule has 0 aromatic rings. The predicted molar refractivity (Wildman–Crippen MR) is 56.0 cm³/mol. The quantitative estimate of drug-likeness (QED) is 0.632. The fourth-order valence-electron chi connectivity index (χ4n) is 2.15. The minimum atomic E-state index is -0.0408. The molecule has 0 saturated carbocycles. The largest absolute Gasteiger partial charge is 0.469 e. The van der Waals surface area contributed by atoms with Gasteiger partial charge in [-0.15, -0.1) is 0 Å². The third-order valence-electron chi connectivity index (χ3n) is 3.17. The first kappa shape index (κ1) is 11.5. The van der Waals surface area contributed by atoms with Gasteiger partial charge in [-0.1, -0.05) is 6.92 Å². The molecule has 0 aromatic carbocycles. The molecule has 2 atom stereocenters. The number of hydrogen-bond donors (Lipinski definition) is 0. The van der Waals surface area contributed by atoms with Crippen molar-refractivity contribution in [2.45, 2.75) is 33.2 Å².